The molecule has 0 amide bonds. The van der Waals surface area contributed by atoms with Crippen molar-refractivity contribution in [3.05, 3.63) is 60.7 Å². The molecule has 0 unspecified atom stereocenters. The number of carboxylic acids is 1. The molecule has 3 aromatic rings. The van der Waals surface area contributed by atoms with Crippen LogP contribution < -0.4 is 0 Å². The zero-order valence-electron chi connectivity index (χ0n) is 19.2. The van der Waals surface area contributed by atoms with E-state index in [-0.39, 0.29) is 6.61 Å². The van der Waals surface area contributed by atoms with E-state index in [1.807, 2.05) is 17.8 Å². The van der Waals surface area contributed by atoms with Crippen LogP contribution in [-0.4, -0.2) is 39.8 Å². The lowest BCUT2D eigenvalue weighted by atomic mass is 9.82. The summed E-state index contributed by atoms with van der Waals surface area (Å²) in [7, 11) is 0. The summed E-state index contributed by atoms with van der Waals surface area (Å²) in [6.07, 6.45) is 4.41. The number of hydrogen-bond donors (Lipinski definition) is 1. The van der Waals surface area contributed by atoms with Gasteiger partial charge in [0, 0.05) is 17.7 Å². The van der Waals surface area contributed by atoms with Gasteiger partial charge in [0.25, 0.3) is 0 Å². The molecule has 0 aliphatic heterocycles. The molecule has 174 valence electrons. The number of thioether (sulfide) groups is 1. The van der Waals surface area contributed by atoms with E-state index in [1.165, 1.54) is 16.2 Å². The topological polar surface area (TPSA) is 64.4 Å². The van der Waals surface area contributed by atoms with E-state index in [0.717, 1.165) is 49.2 Å². The minimum absolute atomic E-state index is 0.199. The van der Waals surface area contributed by atoms with E-state index in [2.05, 4.69) is 66.2 Å². The predicted octanol–water partition coefficient (Wildman–Crippen LogP) is 6.24. The van der Waals surface area contributed by atoms with Crippen LogP contribution >= 0.6 is 11.8 Å². The Labute approximate surface area is 200 Å². The Kier molecular flexibility index (Phi) is 8.24. The maximum atomic E-state index is 10.7. The number of carboxylic acid groups (broad SMARTS) is 1. The largest absolute Gasteiger partial charge is 0.480 e. The van der Waals surface area contributed by atoms with Crippen molar-refractivity contribution in [2.45, 2.75) is 44.2 Å². The molecule has 0 radical (unpaired) electrons. The molecule has 0 spiro atoms. The molecule has 0 atom stereocenters. The summed E-state index contributed by atoms with van der Waals surface area (Å²) >= 11 is 1.87. The molecule has 2 aromatic carbocycles. The standard InChI is InChI=1S/C27H32N2O3S/c1-2-33-27-25(22-9-5-3-6-10-22)26(23-11-7-4-8-12-23)28-29(27)17-20-13-15-21(16-14-20)18-32-19-24(30)31/h3-12,20-21H,2,13-19H2,1H3,(H,30,31). The van der Waals surface area contributed by atoms with E-state index in [4.69, 9.17) is 14.9 Å². The van der Waals surface area contributed by atoms with Crippen molar-refractivity contribution in [2.75, 3.05) is 19.0 Å². The zero-order valence-corrected chi connectivity index (χ0v) is 20.0. The van der Waals surface area contributed by atoms with E-state index < -0.39 is 5.97 Å². The molecule has 5 nitrogen and oxygen atoms in total. The molecule has 1 N–H and O–H groups in total. The Morgan fingerprint density at radius 3 is 2.21 bits per heavy atom. The number of rotatable bonds is 10. The van der Waals surface area contributed by atoms with Gasteiger partial charge in [0.05, 0.1) is 6.61 Å². The van der Waals surface area contributed by atoms with Gasteiger partial charge in [0.1, 0.15) is 17.3 Å². The van der Waals surface area contributed by atoms with Crippen LogP contribution in [0, 0.1) is 11.8 Å². The van der Waals surface area contributed by atoms with Crippen LogP contribution in [0.2, 0.25) is 0 Å². The summed E-state index contributed by atoms with van der Waals surface area (Å²) in [5.74, 6) is 1.13. The Bertz CT molecular complexity index is 1030. The minimum atomic E-state index is -0.897. The first-order valence-electron chi connectivity index (χ1n) is 11.8. The second-order valence-electron chi connectivity index (χ2n) is 8.67. The van der Waals surface area contributed by atoms with Crippen LogP contribution in [-0.2, 0) is 16.1 Å². The fourth-order valence-electron chi connectivity index (χ4n) is 4.65. The van der Waals surface area contributed by atoms with Crippen LogP contribution in [0.5, 0.6) is 0 Å². The van der Waals surface area contributed by atoms with Gasteiger partial charge in [0.2, 0.25) is 0 Å². The molecule has 33 heavy (non-hydrogen) atoms. The lowest BCUT2D eigenvalue weighted by Crippen LogP contribution is -2.23. The summed E-state index contributed by atoms with van der Waals surface area (Å²) < 4.78 is 7.58. The molecule has 4 rings (SSSR count). The molecule has 1 saturated carbocycles. The Balaban J connectivity index is 1.56. The van der Waals surface area contributed by atoms with Crippen molar-refractivity contribution in [1.82, 2.24) is 9.78 Å². The lowest BCUT2D eigenvalue weighted by molar-refractivity contribution is -0.142. The number of benzene rings is 2. The molecule has 1 aliphatic carbocycles. The van der Waals surface area contributed by atoms with Crippen molar-refractivity contribution >= 4 is 17.7 Å². The first kappa shape index (κ1) is 23.6. The van der Waals surface area contributed by atoms with Crippen molar-refractivity contribution in [1.29, 1.82) is 0 Å². The number of aromatic nitrogens is 2. The highest BCUT2D eigenvalue weighted by Crippen LogP contribution is 2.40. The number of ether oxygens (including phenoxy) is 1. The summed E-state index contributed by atoms with van der Waals surface area (Å²) in [5.41, 5.74) is 4.63. The third kappa shape index (κ3) is 6.06. The SMILES string of the molecule is CCSc1c(-c2ccccc2)c(-c2ccccc2)nn1CC1CCC(COCC(=O)O)CC1. The number of nitrogens with zero attached hydrogens (tertiary/aromatic N) is 2. The highest BCUT2D eigenvalue weighted by atomic mass is 32.2. The van der Waals surface area contributed by atoms with E-state index in [9.17, 15) is 4.79 Å². The minimum Gasteiger partial charge on any atom is -0.480 e. The molecule has 1 fully saturated rings. The Morgan fingerprint density at radius 1 is 1.00 bits per heavy atom. The second-order valence-corrected chi connectivity index (χ2v) is 9.92. The fourth-order valence-corrected chi connectivity index (χ4v) is 5.55. The first-order chi connectivity index (χ1) is 16.2. The number of aliphatic carboxylic acids is 1. The van der Waals surface area contributed by atoms with Crippen LogP contribution in [0.3, 0.4) is 0 Å². The molecule has 0 bridgehead atoms. The van der Waals surface area contributed by atoms with E-state index in [0.29, 0.717) is 18.4 Å². The molecule has 0 saturated heterocycles. The summed E-state index contributed by atoms with van der Waals surface area (Å²) in [6, 6.07) is 21.1. The third-order valence-corrected chi connectivity index (χ3v) is 7.25. The van der Waals surface area contributed by atoms with Crippen molar-refractivity contribution in [2.24, 2.45) is 11.8 Å². The van der Waals surface area contributed by atoms with Gasteiger partial charge in [-0.3, -0.25) is 4.68 Å². The smallest absolute Gasteiger partial charge is 0.329 e. The third-order valence-electron chi connectivity index (χ3n) is 6.27. The van der Waals surface area contributed by atoms with Gasteiger partial charge >= 0.3 is 5.97 Å². The van der Waals surface area contributed by atoms with Gasteiger partial charge in [-0.05, 0) is 48.8 Å². The molecular formula is C27H32N2O3S. The van der Waals surface area contributed by atoms with E-state index in [1.54, 1.807) is 0 Å². The molecule has 1 aromatic heterocycles. The van der Waals surface area contributed by atoms with Gasteiger partial charge in [-0.25, -0.2) is 4.79 Å². The number of hydrogen-bond acceptors (Lipinski definition) is 4. The summed E-state index contributed by atoms with van der Waals surface area (Å²) in [5, 5.41) is 15.2. The fraction of sp³-hybridized carbons (Fsp3) is 0.407. The Hall–Kier alpha value is -2.57. The van der Waals surface area contributed by atoms with Crippen LogP contribution in [0.4, 0.5) is 0 Å². The monoisotopic (exact) mass is 464 g/mol. The highest BCUT2D eigenvalue weighted by molar-refractivity contribution is 7.99. The predicted molar refractivity (Wildman–Crippen MR) is 133 cm³/mol. The van der Waals surface area contributed by atoms with Crippen LogP contribution in [0.25, 0.3) is 22.4 Å². The maximum Gasteiger partial charge on any atom is 0.329 e. The first-order valence-corrected chi connectivity index (χ1v) is 12.8. The highest BCUT2D eigenvalue weighted by Gasteiger charge is 2.26. The van der Waals surface area contributed by atoms with E-state index >= 15 is 0 Å². The summed E-state index contributed by atoms with van der Waals surface area (Å²) in [6.45, 7) is 3.46. The molecule has 1 heterocycles. The lowest BCUT2D eigenvalue weighted by Gasteiger charge is -2.28. The Morgan fingerprint density at radius 2 is 1.61 bits per heavy atom. The average molecular weight is 465 g/mol. The molecule has 6 heteroatoms. The second kappa shape index (κ2) is 11.5. The molecular weight excluding hydrogens is 432 g/mol. The quantitative estimate of drug-likeness (QED) is 0.360. The van der Waals surface area contributed by atoms with Crippen molar-refractivity contribution in [3.63, 3.8) is 0 Å². The summed E-state index contributed by atoms with van der Waals surface area (Å²) in [4.78, 5) is 10.7. The molecule has 1 aliphatic rings. The van der Waals surface area contributed by atoms with Crippen LogP contribution in [0.15, 0.2) is 65.7 Å². The van der Waals surface area contributed by atoms with Gasteiger partial charge in [0.15, 0.2) is 0 Å². The average Bonchev–Trinajstić information content (AvgIpc) is 3.19. The van der Waals surface area contributed by atoms with Gasteiger partial charge in [-0.15, -0.1) is 11.8 Å². The van der Waals surface area contributed by atoms with Crippen molar-refractivity contribution in [3.8, 4) is 22.4 Å². The zero-order chi connectivity index (χ0) is 23.0. The normalized spacial score (nSPS) is 18.3. The number of carbonyl (C=O) groups is 1. The van der Waals surface area contributed by atoms with Crippen molar-refractivity contribution < 1.29 is 14.6 Å². The van der Waals surface area contributed by atoms with Gasteiger partial charge < -0.3 is 9.84 Å². The van der Waals surface area contributed by atoms with Gasteiger partial charge in [-0.1, -0.05) is 67.6 Å². The van der Waals surface area contributed by atoms with Gasteiger partial charge in [-0.2, -0.15) is 5.10 Å². The van der Waals surface area contributed by atoms with Crippen LogP contribution in [0.1, 0.15) is 32.6 Å². The maximum absolute atomic E-state index is 10.7.